The minimum Gasteiger partial charge on any atom is -0.328 e. The van der Waals surface area contributed by atoms with E-state index in [1.165, 1.54) is 0 Å². The Balaban J connectivity index is 2.31. The molecule has 3 heteroatoms. The molecular weight excluding hydrogens is 200 g/mol. The van der Waals surface area contributed by atoms with Crippen molar-refractivity contribution in [2.45, 2.75) is 19.9 Å². The van der Waals surface area contributed by atoms with Gasteiger partial charge in [-0.05, 0) is 6.42 Å². The molecule has 0 atom stereocenters. The average molecular weight is 214 g/mol. The molecule has 0 spiro atoms. The van der Waals surface area contributed by atoms with Crippen LogP contribution < -0.4 is 0 Å². The van der Waals surface area contributed by atoms with Crippen molar-refractivity contribution < 1.29 is 4.79 Å². The van der Waals surface area contributed by atoms with E-state index in [1.54, 1.807) is 6.20 Å². The third kappa shape index (κ3) is 2.03. The number of benzene rings is 1. The highest BCUT2D eigenvalue weighted by molar-refractivity contribution is 6.06. The fourth-order valence-corrected chi connectivity index (χ4v) is 1.66. The van der Waals surface area contributed by atoms with Gasteiger partial charge in [-0.15, -0.1) is 0 Å². The summed E-state index contributed by atoms with van der Waals surface area (Å²) in [6.07, 6.45) is 4.51. The Kier molecular flexibility index (Phi) is 3.15. The van der Waals surface area contributed by atoms with E-state index < -0.39 is 0 Å². The maximum Gasteiger partial charge on any atom is 0.228 e. The molecule has 0 aliphatic heterocycles. The summed E-state index contributed by atoms with van der Waals surface area (Å²) in [6.45, 7) is 2.91. The molecule has 0 aliphatic carbocycles. The highest BCUT2D eigenvalue weighted by Crippen LogP contribution is 2.08. The summed E-state index contributed by atoms with van der Waals surface area (Å²) in [5, 5.41) is 0. The molecule has 1 heterocycles. The Morgan fingerprint density at radius 3 is 2.75 bits per heavy atom. The topological polar surface area (TPSA) is 34.9 Å². The van der Waals surface area contributed by atoms with Gasteiger partial charge in [-0.1, -0.05) is 37.3 Å². The third-order valence-electron chi connectivity index (χ3n) is 2.42. The second-order valence-electron chi connectivity index (χ2n) is 3.64. The van der Waals surface area contributed by atoms with Gasteiger partial charge >= 0.3 is 0 Å². The third-order valence-corrected chi connectivity index (χ3v) is 2.42. The summed E-state index contributed by atoms with van der Waals surface area (Å²) in [5.41, 5.74) is 0.686. The number of aromatic nitrogens is 2. The molecule has 2 rings (SSSR count). The van der Waals surface area contributed by atoms with Crippen LogP contribution in [0.2, 0.25) is 0 Å². The molecule has 0 N–H and O–H groups in total. The normalized spacial score (nSPS) is 10.3. The first-order chi connectivity index (χ1) is 7.83. The van der Waals surface area contributed by atoms with Crippen molar-refractivity contribution in [2.75, 3.05) is 0 Å². The first kappa shape index (κ1) is 10.6. The second kappa shape index (κ2) is 4.75. The lowest BCUT2D eigenvalue weighted by Gasteiger charge is -2.04. The first-order valence-electron chi connectivity index (χ1n) is 5.44. The summed E-state index contributed by atoms with van der Waals surface area (Å²) >= 11 is 0. The van der Waals surface area contributed by atoms with E-state index >= 15 is 0 Å². The monoisotopic (exact) mass is 214 g/mol. The summed E-state index contributed by atoms with van der Waals surface area (Å²) in [6, 6.07) is 9.25. The van der Waals surface area contributed by atoms with E-state index in [1.807, 2.05) is 41.1 Å². The number of aryl methyl sites for hydroxylation is 1. The minimum absolute atomic E-state index is 0.0148. The molecule has 2 aromatic rings. The molecule has 0 aliphatic rings. The first-order valence-corrected chi connectivity index (χ1v) is 5.44. The van der Waals surface area contributed by atoms with Crippen molar-refractivity contribution in [1.29, 1.82) is 0 Å². The van der Waals surface area contributed by atoms with E-state index in [4.69, 9.17) is 0 Å². The smallest absolute Gasteiger partial charge is 0.228 e. The average Bonchev–Trinajstić information content (AvgIpc) is 2.78. The van der Waals surface area contributed by atoms with Crippen LogP contribution in [0, 0.1) is 0 Å². The van der Waals surface area contributed by atoms with E-state index in [0.29, 0.717) is 11.4 Å². The summed E-state index contributed by atoms with van der Waals surface area (Å²) in [4.78, 5) is 16.2. The number of imidazole rings is 1. The number of hydrogen-bond donors (Lipinski definition) is 0. The van der Waals surface area contributed by atoms with Gasteiger partial charge in [-0.25, -0.2) is 4.98 Å². The van der Waals surface area contributed by atoms with Crippen molar-refractivity contribution in [1.82, 2.24) is 9.55 Å². The SMILES string of the molecule is CCCn1ccnc1C(=O)c1ccccc1. The minimum atomic E-state index is -0.0148. The lowest BCUT2D eigenvalue weighted by atomic mass is 10.1. The molecule has 1 aromatic heterocycles. The van der Waals surface area contributed by atoms with Gasteiger partial charge in [0.1, 0.15) is 0 Å². The lowest BCUT2D eigenvalue weighted by molar-refractivity contribution is 0.102. The highest BCUT2D eigenvalue weighted by Gasteiger charge is 2.13. The Bertz CT molecular complexity index is 474. The summed E-state index contributed by atoms with van der Waals surface area (Å²) < 4.78 is 1.90. The van der Waals surface area contributed by atoms with Crippen LogP contribution in [0.15, 0.2) is 42.7 Å². The van der Waals surface area contributed by atoms with Crippen LogP contribution in [0.25, 0.3) is 0 Å². The standard InChI is InChI=1S/C13H14N2O/c1-2-9-15-10-8-14-13(15)12(16)11-6-4-3-5-7-11/h3-8,10H,2,9H2,1H3. The van der Waals surface area contributed by atoms with Gasteiger partial charge in [0.15, 0.2) is 5.82 Å². The number of rotatable bonds is 4. The molecule has 1 aromatic carbocycles. The van der Waals surface area contributed by atoms with E-state index in [0.717, 1.165) is 13.0 Å². The Hall–Kier alpha value is -1.90. The van der Waals surface area contributed by atoms with Gasteiger partial charge in [0, 0.05) is 24.5 Å². The van der Waals surface area contributed by atoms with Gasteiger partial charge in [0.2, 0.25) is 5.78 Å². The number of nitrogens with zero attached hydrogens (tertiary/aromatic N) is 2. The Morgan fingerprint density at radius 1 is 1.31 bits per heavy atom. The number of ketones is 1. The predicted molar refractivity (Wildman–Crippen MR) is 62.4 cm³/mol. The van der Waals surface area contributed by atoms with Gasteiger partial charge in [-0.3, -0.25) is 4.79 Å². The van der Waals surface area contributed by atoms with Crippen molar-refractivity contribution in [2.24, 2.45) is 0 Å². The van der Waals surface area contributed by atoms with Crippen LogP contribution in [0.1, 0.15) is 29.5 Å². The highest BCUT2D eigenvalue weighted by atomic mass is 16.1. The van der Waals surface area contributed by atoms with Crippen LogP contribution in [-0.4, -0.2) is 15.3 Å². The van der Waals surface area contributed by atoms with Gasteiger partial charge in [0.25, 0.3) is 0 Å². The zero-order valence-corrected chi connectivity index (χ0v) is 9.26. The van der Waals surface area contributed by atoms with Crippen LogP contribution >= 0.6 is 0 Å². The Labute approximate surface area is 94.7 Å². The molecule has 0 unspecified atom stereocenters. The van der Waals surface area contributed by atoms with Gasteiger partial charge in [0.05, 0.1) is 0 Å². The number of carbonyl (C=O) groups excluding carboxylic acids is 1. The molecule has 16 heavy (non-hydrogen) atoms. The summed E-state index contributed by atoms with van der Waals surface area (Å²) in [5.74, 6) is 0.507. The zero-order chi connectivity index (χ0) is 11.4. The number of carbonyl (C=O) groups is 1. The fraction of sp³-hybridized carbons (Fsp3) is 0.231. The van der Waals surface area contributed by atoms with Crippen LogP contribution in [0.3, 0.4) is 0 Å². The molecule has 82 valence electrons. The molecule has 0 saturated carbocycles. The summed E-state index contributed by atoms with van der Waals surface area (Å²) in [7, 11) is 0. The molecule has 0 fully saturated rings. The number of hydrogen-bond acceptors (Lipinski definition) is 2. The fourth-order valence-electron chi connectivity index (χ4n) is 1.66. The molecule has 0 radical (unpaired) electrons. The maximum atomic E-state index is 12.1. The van der Waals surface area contributed by atoms with Gasteiger partial charge in [-0.2, -0.15) is 0 Å². The molecule has 0 amide bonds. The van der Waals surface area contributed by atoms with Crippen molar-refractivity contribution in [3.05, 3.63) is 54.1 Å². The maximum absolute atomic E-state index is 12.1. The molecular formula is C13H14N2O. The Morgan fingerprint density at radius 2 is 2.06 bits per heavy atom. The van der Waals surface area contributed by atoms with Gasteiger partial charge < -0.3 is 4.57 Å². The van der Waals surface area contributed by atoms with E-state index in [9.17, 15) is 4.79 Å². The van der Waals surface area contributed by atoms with Crippen molar-refractivity contribution in [3.63, 3.8) is 0 Å². The van der Waals surface area contributed by atoms with Crippen LogP contribution in [-0.2, 0) is 6.54 Å². The quantitative estimate of drug-likeness (QED) is 0.733. The largest absolute Gasteiger partial charge is 0.328 e. The van der Waals surface area contributed by atoms with Crippen molar-refractivity contribution >= 4 is 5.78 Å². The van der Waals surface area contributed by atoms with E-state index in [-0.39, 0.29) is 5.78 Å². The molecule has 3 nitrogen and oxygen atoms in total. The van der Waals surface area contributed by atoms with E-state index in [2.05, 4.69) is 11.9 Å². The molecule has 0 saturated heterocycles. The lowest BCUT2D eigenvalue weighted by Crippen LogP contribution is -2.11. The predicted octanol–water partition coefficient (Wildman–Crippen LogP) is 2.52. The van der Waals surface area contributed by atoms with Crippen molar-refractivity contribution in [3.8, 4) is 0 Å². The second-order valence-corrected chi connectivity index (χ2v) is 3.64. The van der Waals surface area contributed by atoms with Crippen LogP contribution in [0.4, 0.5) is 0 Å². The molecule has 0 bridgehead atoms. The zero-order valence-electron chi connectivity index (χ0n) is 9.26. The van der Waals surface area contributed by atoms with Crippen LogP contribution in [0.5, 0.6) is 0 Å².